The molecule has 0 aromatic heterocycles. The SMILES string of the molecule is Cc1cc(N)cc(S(=O)(=O)N(CC(C)C)C2CC2)c1C. The van der Waals surface area contributed by atoms with Crippen LogP contribution in [0.2, 0.25) is 0 Å². The fraction of sp³-hybridized carbons (Fsp3) is 0.600. The Morgan fingerprint density at radius 2 is 1.90 bits per heavy atom. The number of aryl methyl sites for hydroxylation is 1. The number of nitrogens with zero attached hydrogens (tertiary/aromatic N) is 1. The van der Waals surface area contributed by atoms with Crippen LogP contribution in [0.1, 0.15) is 37.8 Å². The zero-order valence-electron chi connectivity index (χ0n) is 12.7. The first-order valence-corrected chi connectivity index (χ1v) is 8.56. The van der Waals surface area contributed by atoms with E-state index in [1.54, 1.807) is 10.4 Å². The molecular formula is C15H24N2O2S. The monoisotopic (exact) mass is 296 g/mol. The highest BCUT2D eigenvalue weighted by Gasteiger charge is 2.39. The van der Waals surface area contributed by atoms with Crippen LogP contribution in [0.15, 0.2) is 17.0 Å². The van der Waals surface area contributed by atoms with E-state index in [9.17, 15) is 8.42 Å². The van der Waals surface area contributed by atoms with E-state index in [1.807, 2.05) is 33.8 Å². The first kappa shape index (κ1) is 15.3. The Kier molecular flexibility index (Phi) is 4.12. The fourth-order valence-corrected chi connectivity index (χ4v) is 4.60. The van der Waals surface area contributed by atoms with Gasteiger partial charge in [-0.25, -0.2) is 8.42 Å². The maximum Gasteiger partial charge on any atom is 0.243 e. The number of nitrogen functional groups attached to an aromatic ring is 1. The van der Waals surface area contributed by atoms with Crippen molar-refractivity contribution in [2.24, 2.45) is 5.92 Å². The van der Waals surface area contributed by atoms with Crippen molar-refractivity contribution in [3.63, 3.8) is 0 Å². The summed E-state index contributed by atoms with van der Waals surface area (Å²) < 4.78 is 27.6. The molecular weight excluding hydrogens is 272 g/mol. The number of sulfonamides is 1. The Morgan fingerprint density at radius 3 is 2.40 bits per heavy atom. The van der Waals surface area contributed by atoms with Gasteiger partial charge in [0.1, 0.15) is 0 Å². The quantitative estimate of drug-likeness (QED) is 0.850. The van der Waals surface area contributed by atoms with Crippen LogP contribution in [0, 0.1) is 19.8 Å². The second-order valence-corrected chi connectivity index (χ2v) is 8.02. The lowest BCUT2D eigenvalue weighted by Crippen LogP contribution is -2.36. The number of hydrogen-bond donors (Lipinski definition) is 1. The van der Waals surface area contributed by atoms with Crippen molar-refractivity contribution < 1.29 is 8.42 Å². The van der Waals surface area contributed by atoms with E-state index in [4.69, 9.17) is 5.73 Å². The molecule has 0 spiro atoms. The van der Waals surface area contributed by atoms with E-state index < -0.39 is 10.0 Å². The average Bonchev–Trinajstić information content (AvgIpc) is 3.14. The molecule has 1 aliphatic carbocycles. The highest BCUT2D eigenvalue weighted by atomic mass is 32.2. The molecule has 2 N–H and O–H groups in total. The van der Waals surface area contributed by atoms with Crippen LogP contribution in [0.5, 0.6) is 0 Å². The highest BCUT2D eigenvalue weighted by molar-refractivity contribution is 7.89. The summed E-state index contributed by atoms with van der Waals surface area (Å²) in [5.74, 6) is 0.313. The van der Waals surface area contributed by atoms with E-state index in [-0.39, 0.29) is 6.04 Å². The molecule has 0 saturated heterocycles. The largest absolute Gasteiger partial charge is 0.399 e. The van der Waals surface area contributed by atoms with Crippen LogP contribution in [0.3, 0.4) is 0 Å². The molecule has 0 atom stereocenters. The van der Waals surface area contributed by atoms with E-state index in [0.29, 0.717) is 23.0 Å². The van der Waals surface area contributed by atoms with Crippen LogP contribution < -0.4 is 5.73 Å². The molecule has 1 aromatic rings. The highest BCUT2D eigenvalue weighted by Crippen LogP contribution is 2.34. The minimum Gasteiger partial charge on any atom is -0.399 e. The first-order chi connectivity index (χ1) is 9.23. The number of hydrogen-bond acceptors (Lipinski definition) is 3. The zero-order valence-corrected chi connectivity index (χ0v) is 13.5. The first-order valence-electron chi connectivity index (χ1n) is 7.12. The maximum absolute atomic E-state index is 12.9. The predicted octanol–water partition coefficient (Wildman–Crippen LogP) is 2.69. The van der Waals surface area contributed by atoms with Crippen molar-refractivity contribution in [3.05, 3.63) is 23.3 Å². The lowest BCUT2D eigenvalue weighted by atomic mass is 10.1. The van der Waals surface area contributed by atoms with Crippen molar-refractivity contribution in [2.45, 2.75) is 51.5 Å². The van der Waals surface area contributed by atoms with E-state index in [0.717, 1.165) is 24.0 Å². The van der Waals surface area contributed by atoms with E-state index >= 15 is 0 Å². The molecule has 0 aliphatic heterocycles. The van der Waals surface area contributed by atoms with E-state index in [1.165, 1.54) is 0 Å². The molecule has 1 aliphatic rings. The summed E-state index contributed by atoms with van der Waals surface area (Å²) in [5.41, 5.74) is 8.06. The molecule has 4 nitrogen and oxygen atoms in total. The molecule has 0 amide bonds. The van der Waals surface area contributed by atoms with Gasteiger partial charge in [0, 0.05) is 18.3 Å². The predicted molar refractivity (Wildman–Crippen MR) is 82.1 cm³/mol. The number of nitrogens with two attached hydrogens (primary N) is 1. The Labute approximate surface area is 122 Å². The lowest BCUT2D eigenvalue weighted by Gasteiger charge is -2.25. The number of rotatable bonds is 5. The number of benzene rings is 1. The van der Waals surface area contributed by atoms with Gasteiger partial charge >= 0.3 is 0 Å². The van der Waals surface area contributed by atoms with Crippen LogP contribution in [-0.2, 0) is 10.0 Å². The lowest BCUT2D eigenvalue weighted by molar-refractivity contribution is 0.360. The summed E-state index contributed by atoms with van der Waals surface area (Å²) in [4.78, 5) is 0.363. The van der Waals surface area contributed by atoms with Gasteiger partial charge in [-0.15, -0.1) is 0 Å². The summed E-state index contributed by atoms with van der Waals surface area (Å²) in [7, 11) is -3.46. The van der Waals surface area contributed by atoms with Gasteiger partial charge in [0.25, 0.3) is 0 Å². The topological polar surface area (TPSA) is 63.4 Å². The fourth-order valence-electron chi connectivity index (χ4n) is 2.41. The maximum atomic E-state index is 12.9. The molecule has 0 radical (unpaired) electrons. The molecule has 0 heterocycles. The Hall–Kier alpha value is -1.07. The number of anilines is 1. The Balaban J connectivity index is 2.48. The molecule has 1 saturated carbocycles. The van der Waals surface area contributed by atoms with Gasteiger partial charge in [0.05, 0.1) is 4.90 Å². The molecule has 0 bridgehead atoms. The van der Waals surface area contributed by atoms with Crippen molar-refractivity contribution in [1.82, 2.24) is 4.31 Å². The molecule has 0 unspecified atom stereocenters. The van der Waals surface area contributed by atoms with Crippen LogP contribution in [0.25, 0.3) is 0 Å². The van der Waals surface area contributed by atoms with Crippen LogP contribution >= 0.6 is 0 Å². The molecule has 5 heteroatoms. The van der Waals surface area contributed by atoms with Gasteiger partial charge in [-0.1, -0.05) is 13.8 Å². The van der Waals surface area contributed by atoms with Crippen molar-refractivity contribution in [2.75, 3.05) is 12.3 Å². The third-order valence-electron chi connectivity index (χ3n) is 3.73. The third-order valence-corrected chi connectivity index (χ3v) is 5.77. The summed E-state index contributed by atoms with van der Waals surface area (Å²) in [6.45, 7) is 8.40. The van der Waals surface area contributed by atoms with Gasteiger partial charge in [-0.05, 0) is 55.9 Å². The van der Waals surface area contributed by atoms with Gasteiger partial charge < -0.3 is 5.73 Å². The molecule has 112 valence electrons. The molecule has 20 heavy (non-hydrogen) atoms. The van der Waals surface area contributed by atoms with Gasteiger partial charge in [-0.2, -0.15) is 4.31 Å². The summed E-state index contributed by atoms with van der Waals surface area (Å²) in [6.07, 6.45) is 1.93. The Bertz CT molecular complexity index is 605. The van der Waals surface area contributed by atoms with Crippen molar-refractivity contribution >= 4 is 15.7 Å². The second-order valence-electron chi connectivity index (χ2n) is 6.16. The van der Waals surface area contributed by atoms with Gasteiger partial charge in [-0.3, -0.25) is 0 Å². The van der Waals surface area contributed by atoms with Crippen molar-refractivity contribution in [1.29, 1.82) is 0 Å². The minimum atomic E-state index is -3.46. The summed E-state index contributed by atoms with van der Waals surface area (Å²) >= 11 is 0. The van der Waals surface area contributed by atoms with Gasteiger partial charge in [0.2, 0.25) is 10.0 Å². The zero-order chi connectivity index (χ0) is 15.1. The van der Waals surface area contributed by atoms with Crippen LogP contribution in [0.4, 0.5) is 5.69 Å². The molecule has 1 aromatic carbocycles. The second kappa shape index (κ2) is 5.37. The Morgan fingerprint density at radius 1 is 1.30 bits per heavy atom. The normalized spacial score (nSPS) is 16.1. The standard InChI is InChI=1S/C15H24N2O2S/c1-10(2)9-17(14-5-6-14)20(18,19)15-8-13(16)7-11(3)12(15)4/h7-8,10,14H,5-6,9,16H2,1-4H3. The van der Waals surface area contributed by atoms with Crippen LogP contribution in [-0.4, -0.2) is 25.3 Å². The third kappa shape index (κ3) is 2.99. The van der Waals surface area contributed by atoms with Gasteiger partial charge in [0.15, 0.2) is 0 Å². The minimum absolute atomic E-state index is 0.170. The average molecular weight is 296 g/mol. The van der Waals surface area contributed by atoms with E-state index in [2.05, 4.69) is 0 Å². The molecule has 2 rings (SSSR count). The summed E-state index contributed by atoms with van der Waals surface area (Å²) in [5, 5.41) is 0. The smallest absolute Gasteiger partial charge is 0.243 e. The van der Waals surface area contributed by atoms with Crippen molar-refractivity contribution in [3.8, 4) is 0 Å². The molecule has 1 fully saturated rings. The summed E-state index contributed by atoms with van der Waals surface area (Å²) in [6, 6.07) is 3.58.